The molecule has 3 aromatic rings. The van der Waals surface area contributed by atoms with Gasteiger partial charge in [0, 0.05) is 30.3 Å². The summed E-state index contributed by atoms with van der Waals surface area (Å²) in [4.78, 5) is 6.95. The van der Waals surface area contributed by atoms with Crippen molar-refractivity contribution in [2.24, 2.45) is 0 Å². The van der Waals surface area contributed by atoms with E-state index in [1.54, 1.807) is 0 Å². The highest BCUT2D eigenvalue weighted by Crippen LogP contribution is 2.42. The van der Waals surface area contributed by atoms with Crippen molar-refractivity contribution in [3.05, 3.63) is 83.4 Å². The minimum absolute atomic E-state index is 0.0116. The van der Waals surface area contributed by atoms with Crippen LogP contribution in [-0.2, 0) is 0 Å². The second kappa shape index (κ2) is 8.46. The number of nitrogens with zero attached hydrogens (tertiary/aromatic N) is 3. The monoisotopic (exact) mass is 430 g/mol. The molecule has 2 atom stereocenters. The van der Waals surface area contributed by atoms with Crippen LogP contribution in [0.1, 0.15) is 72.6 Å². The minimum atomic E-state index is 0.0116. The standard InChI is InChI=1S/C26H30N4S/c1-18-11-12-22(16-19(18)2)30-25(24(28-26(30)31)23-10-6-7-14-27-23)20-13-15-29(17-20)21-8-4-3-5-9-21/h6-7,10-17,21,24-25H,3-5,8-9H2,1-2H3,(H,28,31). The molecule has 2 unspecified atom stereocenters. The number of nitrogens with one attached hydrogen (secondary N) is 1. The molecular weight excluding hydrogens is 400 g/mol. The SMILES string of the molecule is Cc1ccc(N2C(=S)NC(c3ccccn3)C2c2ccn(C3CCCCC3)c2)cc1C. The highest BCUT2D eigenvalue weighted by molar-refractivity contribution is 7.80. The van der Waals surface area contributed by atoms with Crippen LogP contribution in [0.25, 0.3) is 0 Å². The van der Waals surface area contributed by atoms with E-state index in [9.17, 15) is 0 Å². The first-order valence-corrected chi connectivity index (χ1v) is 11.8. The number of rotatable bonds is 4. The van der Waals surface area contributed by atoms with Gasteiger partial charge in [-0.1, -0.05) is 31.4 Å². The number of aromatic nitrogens is 2. The summed E-state index contributed by atoms with van der Waals surface area (Å²) < 4.78 is 2.43. The molecule has 5 heteroatoms. The van der Waals surface area contributed by atoms with E-state index in [0.717, 1.165) is 16.5 Å². The molecule has 1 aliphatic carbocycles. The Labute approximate surface area is 190 Å². The second-order valence-corrected chi connectivity index (χ2v) is 9.34. The summed E-state index contributed by atoms with van der Waals surface area (Å²) in [5, 5.41) is 4.33. The van der Waals surface area contributed by atoms with Gasteiger partial charge in [0.2, 0.25) is 0 Å². The maximum absolute atomic E-state index is 5.86. The first-order valence-electron chi connectivity index (χ1n) is 11.4. The van der Waals surface area contributed by atoms with Crippen molar-refractivity contribution in [3.8, 4) is 0 Å². The lowest BCUT2D eigenvalue weighted by Crippen LogP contribution is -2.29. The third-order valence-electron chi connectivity index (χ3n) is 6.94. The van der Waals surface area contributed by atoms with Crippen molar-refractivity contribution in [1.29, 1.82) is 0 Å². The lowest BCUT2D eigenvalue weighted by atomic mass is 9.95. The summed E-state index contributed by atoms with van der Waals surface area (Å²) in [5.41, 5.74) is 6.01. The van der Waals surface area contributed by atoms with Crippen LogP contribution in [0.5, 0.6) is 0 Å². The molecule has 1 aliphatic heterocycles. The molecule has 1 N–H and O–H groups in total. The highest BCUT2D eigenvalue weighted by atomic mass is 32.1. The number of thiocarbonyl (C=S) groups is 1. The van der Waals surface area contributed by atoms with E-state index < -0.39 is 0 Å². The number of aryl methyl sites for hydroxylation is 2. The minimum Gasteiger partial charge on any atom is -0.351 e. The average Bonchev–Trinajstić information content (AvgIpc) is 3.41. The van der Waals surface area contributed by atoms with E-state index in [4.69, 9.17) is 12.2 Å². The molecule has 160 valence electrons. The summed E-state index contributed by atoms with van der Waals surface area (Å²) in [6.07, 6.45) is 13.1. The number of pyridine rings is 1. The van der Waals surface area contributed by atoms with Crippen LogP contribution in [0.3, 0.4) is 0 Å². The quantitative estimate of drug-likeness (QED) is 0.501. The number of hydrogen-bond donors (Lipinski definition) is 1. The number of hydrogen-bond acceptors (Lipinski definition) is 2. The molecular formula is C26H30N4S. The van der Waals surface area contributed by atoms with Gasteiger partial charge >= 0.3 is 0 Å². The van der Waals surface area contributed by atoms with Crippen LogP contribution in [0, 0.1) is 13.8 Å². The highest BCUT2D eigenvalue weighted by Gasteiger charge is 2.41. The van der Waals surface area contributed by atoms with E-state index in [1.807, 2.05) is 12.3 Å². The fourth-order valence-corrected chi connectivity index (χ4v) is 5.40. The molecule has 2 aromatic heterocycles. The average molecular weight is 431 g/mol. The van der Waals surface area contributed by atoms with Crippen LogP contribution in [0.2, 0.25) is 0 Å². The van der Waals surface area contributed by atoms with Gasteiger partial charge in [-0.2, -0.15) is 0 Å². The van der Waals surface area contributed by atoms with Gasteiger partial charge < -0.3 is 14.8 Å². The summed E-state index contributed by atoms with van der Waals surface area (Å²) >= 11 is 5.86. The Hall–Kier alpha value is -2.66. The molecule has 1 saturated carbocycles. The Balaban J connectivity index is 1.56. The molecule has 2 fully saturated rings. The van der Waals surface area contributed by atoms with Gasteiger partial charge in [0.15, 0.2) is 5.11 Å². The molecule has 3 heterocycles. The lowest BCUT2D eigenvalue weighted by Gasteiger charge is -2.28. The van der Waals surface area contributed by atoms with Crippen LogP contribution >= 0.6 is 12.2 Å². The summed E-state index contributed by atoms with van der Waals surface area (Å²) in [6.45, 7) is 4.31. The maximum atomic E-state index is 5.86. The van der Waals surface area contributed by atoms with Crippen LogP contribution < -0.4 is 10.2 Å². The van der Waals surface area contributed by atoms with Gasteiger partial charge in [0.05, 0.1) is 17.8 Å². The molecule has 1 saturated heterocycles. The Kier molecular flexibility index (Phi) is 5.53. The largest absolute Gasteiger partial charge is 0.351 e. The van der Waals surface area contributed by atoms with Crippen molar-refractivity contribution < 1.29 is 0 Å². The van der Waals surface area contributed by atoms with Crippen molar-refractivity contribution in [2.45, 2.75) is 64.1 Å². The predicted molar refractivity (Wildman–Crippen MR) is 130 cm³/mol. The third kappa shape index (κ3) is 3.87. The Morgan fingerprint density at radius 3 is 2.58 bits per heavy atom. The number of benzene rings is 1. The third-order valence-corrected chi connectivity index (χ3v) is 7.26. The summed E-state index contributed by atoms with van der Waals surface area (Å²) in [5.74, 6) is 0. The lowest BCUT2D eigenvalue weighted by molar-refractivity contribution is 0.353. The second-order valence-electron chi connectivity index (χ2n) is 8.95. The molecule has 0 amide bonds. The first-order chi connectivity index (χ1) is 15.1. The summed E-state index contributed by atoms with van der Waals surface area (Å²) in [6, 6.07) is 15.7. The topological polar surface area (TPSA) is 33.1 Å². The maximum Gasteiger partial charge on any atom is 0.174 e. The normalized spacial score (nSPS) is 22.0. The van der Waals surface area contributed by atoms with Gasteiger partial charge in [0.1, 0.15) is 0 Å². The van der Waals surface area contributed by atoms with Crippen LogP contribution in [-0.4, -0.2) is 14.7 Å². The van der Waals surface area contributed by atoms with Crippen LogP contribution in [0.4, 0.5) is 5.69 Å². The van der Waals surface area contributed by atoms with E-state index in [-0.39, 0.29) is 12.1 Å². The van der Waals surface area contributed by atoms with E-state index in [0.29, 0.717) is 6.04 Å². The van der Waals surface area contributed by atoms with Gasteiger partial charge in [-0.25, -0.2) is 0 Å². The molecule has 0 spiro atoms. The Bertz CT molecular complexity index is 1070. The molecule has 1 aromatic carbocycles. The number of anilines is 1. The van der Waals surface area contributed by atoms with Crippen molar-refractivity contribution in [1.82, 2.24) is 14.9 Å². The molecule has 4 nitrogen and oxygen atoms in total. The molecule has 0 bridgehead atoms. The summed E-state index contributed by atoms with van der Waals surface area (Å²) in [7, 11) is 0. The first kappa shape index (κ1) is 20.3. The Morgan fingerprint density at radius 2 is 1.84 bits per heavy atom. The fourth-order valence-electron chi connectivity index (χ4n) is 5.06. The smallest absolute Gasteiger partial charge is 0.174 e. The van der Waals surface area contributed by atoms with Gasteiger partial charge in [-0.3, -0.25) is 4.98 Å². The molecule has 31 heavy (non-hydrogen) atoms. The molecule has 2 aliphatic rings. The van der Waals surface area contributed by atoms with Crippen molar-refractivity contribution in [2.75, 3.05) is 4.90 Å². The zero-order chi connectivity index (χ0) is 21.4. The van der Waals surface area contributed by atoms with Gasteiger partial charge in [-0.05, 0) is 85.9 Å². The van der Waals surface area contributed by atoms with Gasteiger partial charge in [-0.15, -0.1) is 0 Å². The Morgan fingerprint density at radius 1 is 1.00 bits per heavy atom. The van der Waals surface area contributed by atoms with E-state index >= 15 is 0 Å². The van der Waals surface area contributed by atoms with Crippen LogP contribution in [0.15, 0.2) is 61.1 Å². The van der Waals surface area contributed by atoms with Crippen molar-refractivity contribution >= 4 is 23.0 Å². The zero-order valence-electron chi connectivity index (χ0n) is 18.3. The molecule has 0 radical (unpaired) electrons. The fraction of sp³-hybridized carbons (Fsp3) is 0.385. The van der Waals surface area contributed by atoms with E-state index in [2.05, 4.69) is 82.4 Å². The van der Waals surface area contributed by atoms with Gasteiger partial charge in [0.25, 0.3) is 0 Å². The predicted octanol–water partition coefficient (Wildman–Crippen LogP) is 6.18. The molecule has 5 rings (SSSR count). The zero-order valence-corrected chi connectivity index (χ0v) is 19.1. The van der Waals surface area contributed by atoms with Crippen molar-refractivity contribution in [3.63, 3.8) is 0 Å². The van der Waals surface area contributed by atoms with E-state index in [1.165, 1.54) is 48.8 Å².